The Balaban J connectivity index is 1.69. The van der Waals surface area contributed by atoms with Gasteiger partial charge in [0.15, 0.2) is 6.04 Å². The van der Waals surface area contributed by atoms with Crippen LogP contribution in [-0.4, -0.2) is 43.0 Å². The van der Waals surface area contributed by atoms with E-state index in [0.29, 0.717) is 11.3 Å². The van der Waals surface area contributed by atoms with Crippen LogP contribution < -0.4 is 20.2 Å². The van der Waals surface area contributed by atoms with Gasteiger partial charge < -0.3 is 14.8 Å². The summed E-state index contributed by atoms with van der Waals surface area (Å²) in [5.74, 6) is 0.851. The number of rotatable bonds is 6. The molecule has 1 aliphatic heterocycles. The summed E-state index contributed by atoms with van der Waals surface area (Å²) < 4.78 is 12.2. The van der Waals surface area contributed by atoms with Gasteiger partial charge in [-0.15, -0.1) is 10.1 Å². The van der Waals surface area contributed by atoms with E-state index < -0.39 is 12.1 Å². The summed E-state index contributed by atoms with van der Waals surface area (Å²) in [5, 5.41) is 2.89. The van der Waals surface area contributed by atoms with Crippen LogP contribution in [0.2, 0.25) is 0 Å². The van der Waals surface area contributed by atoms with Crippen LogP contribution in [0, 0.1) is 0 Å². The van der Waals surface area contributed by atoms with Gasteiger partial charge in [-0.3, -0.25) is 9.59 Å². The fourth-order valence-electron chi connectivity index (χ4n) is 3.65. The second-order valence-electron chi connectivity index (χ2n) is 7.32. The maximum Gasteiger partial charge on any atom is 0.304 e. The van der Waals surface area contributed by atoms with Gasteiger partial charge in [0.2, 0.25) is 12.3 Å². The molecule has 0 aromatic heterocycles. The van der Waals surface area contributed by atoms with Crippen LogP contribution in [0.3, 0.4) is 0 Å². The Morgan fingerprint density at radius 3 is 2.09 bits per heavy atom. The molecule has 0 bridgehead atoms. The zero-order valence-electron chi connectivity index (χ0n) is 17.8. The molecule has 2 atom stereocenters. The number of benzene rings is 3. The molecule has 3 aromatic carbocycles. The van der Waals surface area contributed by atoms with Gasteiger partial charge in [0, 0.05) is 16.7 Å². The first-order valence-corrected chi connectivity index (χ1v) is 10.2. The maximum absolute atomic E-state index is 12.9. The first kappa shape index (κ1) is 21.1. The van der Waals surface area contributed by atoms with Gasteiger partial charge in [0.25, 0.3) is 5.91 Å². The van der Waals surface area contributed by atoms with Gasteiger partial charge in [-0.25, -0.2) is 0 Å². The predicted molar refractivity (Wildman–Crippen MR) is 120 cm³/mol. The minimum absolute atomic E-state index is 0.292. The molecule has 1 heterocycles. The molecule has 32 heavy (non-hydrogen) atoms. The standard InChI is InChI=1S/C25H23N3O4/c1-31-20-12-8-17(9-13-20)16-28-23(18-10-14-21(32-2)15-11-18)22(25(30)27-28)26-24(29)19-6-4-3-5-7-19/h3-16,22-23H,1-2H3,(H-,26,27,29,30)/p+1/b28-16-/t22-,23+/m0/s1. The van der Waals surface area contributed by atoms with E-state index in [1.54, 1.807) is 43.2 Å². The van der Waals surface area contributed by atoms with E-state index in [2.05, 4.69) is 10.7 Å². The first-order chi connectivity index (χ1) is 15.6. The van der Waals surface area contributed by atoms with Crippen LogP contribution in [0.1, 0.15) is 27.5 Å². The third-order valence-corrected chi connectivity index (χ3v) is 5.32. The number of hydrogen-bond acceptors (Lipinski definition) is 4. The van der Waals surface area contributed by atoms with Crippen molar-refractivity contribution in [1.29, 1.82) is 0 Å². The van der Waals surface area contributed by atoms with Crippen molar-refractivity contribution in [3.05, 3.63) is 95.6 Å². The van der Waals surface area contributed by atoms with E-state index >= 15 is 0 Å². The molecular weight excluding hydrogens is 406 g/mol. The summed E-state index contributed by atoms with van der Waals surface area (Å²) in [6, 6.07) is 22.5. The van der Waals surface area contributed by atoms with E-state index in [9.17, 15) is 9.59 Å². The van der Waals surface area contributed by atoms with Gasteiger partial charge in [0.1, 0.15) is 11.5 Å². The smallest absolute Gasteiger partial charge is 0.304 e. The lowest BCUT2D eigenvalue weighted by atomic mass is 9.99. The molecule has 0 aliphatic carbocycles. The highest BCUT2D eigenvalue weighted by Crippen LogP contribution is 2.27. The number of hydrogen-bond donors (Lipinski definition) is 2. The fourth-order valence-corrected chi connectivity index (χ4v) is 3.65. The Morgan fingerprint density at radius 1 is 0.906 bits per heavy atom. The van der Waals surface area contributed by atoms with E-state index in [4.69, 9.17) is 9.47 Å². The van der Waals surface area contributed by atoms with Crippen molar-refractivity contribution >= 4 is 18.0 Å². The summed E-state index contributed by atoms with van der Waals surface area (Å²) >= 11 is 0. The molecule has 1 aliphatic rings. The van der Waals surface area contributed by atoms with Crippen LogP contribution >= 0.6 is 0 Å². The Morgan fingerprint density at radius 2 is 1.50 bits per heavy atom. The number of ether oxygens (including phenoxy) is 2. The fraction of sp³-hybridized carbons (Fsp3) is 0.160. The van der Waals surface area contributed by atoms with Crippen LogP contribution in [0.5, 0.6) is 11.5 Å². The number of methoxy groups -OCH3 is 2. The molecule has 0 spiro atoms. The van der Waals surface area contributed by atoms with E-state index in [1.807, 2.05) is 60.8 Å². The number of nitrogens with zero attached hydrogens (tertiary/aromatic N) is 1. The molecule has 1 fully saturated rings. The van der Waals surface area contributed by atoms with E-state index in [-0.39, 0.29) is 11.8 Å². The average molecular weight is 430 g/mol. The zero-order valence-corrected chi connectivity index (χ0v) is 17.8. The molecular formula is C25H24N3O4+. The van der Waals surface area contributed by atoms with Crippen LogP contribution in [0.15, 0.2) is 78.9 Å². The summed E-state index contributed by atoms with van der Waals surface area (Å²) in [7, 11) is 3.21. The molecule has 0 unspecified atom stereocenters. The van der Waals surface area contributed by atoms with Crippen molar-refractivity contribution in [1.82, 2.24) is 10.7 Å². The Bertz CT molecular complexity index is 1130. The molecule has 2 N–H and O–H groups in total. The average Bonchev–Trinajstić information content (AvgIpc) is 3.14. The van der Waals surface area contributed by atoms with Crippen LogP contribution in [0.4, 0.5) is 0 Å². The van der Waals surface area contributed by atoms with E-state index in [1.165, 1.54) is 0 Å². The normalized spacial score (nSPS) is 18.8. The topological polar surface area (TPSA) is 79.7 Å². The van der Waals surface area contributed by atoms with Crippen LogP contribution in [-0.2, 0) is 4.79 Å². The van der Waals surface area contributed by atoms with Gasteiger partial charge in [0.05, 0.1) is 14.2 Å². The monoisotopic (exact) mass is 430 g/mol. The Labute approximate surface area is 186 Å². The third kappa shape index (κ3) is 4.46. The second-order valence-corrected chi connectivity index (χ2v) is 7.32. The molecule has 162 valence electrons. The maximum atomic E-state index is 12.9. The summed E-state index contributed by atoms with van der Waals surface area (Å²) in [5.41, 5.74) is 5.10. The molecule has 2 amide bonds. The van der Waals surface area contributed by atoms with Crippen molar-refractivity contribution in [3.63, 3.8) is 0 Å². The number of amides is 2. The van der Waals surface area contributed by atoms with E-state index in [0.717, 1.165) is 16.9 Å². The highest BCUT2D eigenvalue weighted by Gasteiger charge is 2.47. The summed E-state index contributed by atoms with van der Waals surface area (Å²) in [4.78, 5) is 25.7. The lowest BCUT2D eigenvalue weighted by Crippen LogP contribution is -2.42. The first-order valence-electron chi connectivity index (χ1n) is 10.2. The quantitative estimate of drug-likeness (QED) is 0.590. The number of carbonyl (C=O) groups excluding carboxylic acids is 2. The number of nitrogens with one attached hydrogen (secondary N) is 2. The predicted octanol–water partition coefficient (Wildman–Crippen LogP) is 2.72. The molecule has 3 aromatic rings. The van der Waals surface area contributed by atoms with Crippen molar-refractivity contribution in [2.45, 2.75) is 12.1 Å². The minimum Gasteiger partial charge on any atom is -0.497 e. The number of hydrazine groups is 1. The number of hydrazone groups is 1. The van der Waals surface area contributed by atoms with Crippen molar-refractivity contribution < 1.29 is 23.7 Å². The van der Waals surface area contributed by atoms with Crippen molar-refractivity contribution in [3.8, 4) is 11.5 Å². The molecule has 0 saturated carbocycles. The highest BCUT2D eigenvalue weighted by atomic mass is 16.5. The summed E-state index contributed by atoms with van der Waals surface area (Å²) in [6.45, 7) is 0. The molecule has 7 nitrogen and oxygen atoms in total. The third-order valence-electron chi connectivity index (χ3n) is 5.32. The highest BCUT2D eigenvalue weighted by molar-refractivity contribution is 5.98. The largest absolute Gasteiger partial charge is 0.497 e. The van der Waals surface area contributed by atoms with Gasteiger partial charge in [-0.1, -0.05) is 18.2 Å². The minimum atomic E-state index is -0.786. The SMILES string of the molecule is COc1ccc(/C=[N+]2\NC(=O)[C@@H](NC(=O)c3ccccc3)[C@H]2c2ccc(OC)cc2)cc1. The Kier molecular flexibility index (Phi) is 6.17. The van der Waals surface area contributed by atoms with Crippen molar-refractivity contribution in [2.24, 2.45) is 0 Å². The van der Waals surface area contributed by atoms with Crippen LogP contribution in [0.25, 0.3) is 0 Å². The molecule has 7 heteroatoms. The molecule has 1 saturated heterocycles. The zero-order chi connectivity index (χ0) is 22.5. The van der Waals surface area contributed by atoms with Crippen molar-refractivity contribution in [2.75, 3.05) is 14.2 Å². The molecule has 4 rings (SSSR count). The lowest BCUT2D eigenvalue weighted by molar-refractivity contribution is -0.596. The number of carbonyl (C=O) groups is 2. The Hall–Kier alpha value is -4.13. The van der Waals surface area contributed by atoms with Gasteiger partial charge >= 0.3 is 5.91 Å². The molecule has 0 radical (unpaired) electrons. The second kappa shape index (κ2) is 9.34. The lowest BCUT2D eigenvalue weighted by Gasteiger charge is -2.15. The summed E-state index contributed by atoms with van der Waals surface area (Å²) in [6.07, 6.45) is 1.83. The van der Waals surface area contributed by atoms with Gasteiger partial charge in [-0.2, -0.15) is 0 Å². The van der Waals surface area contributed by atoms with Gasteiger partial charge in [-0.05, 0) is 60.7 Å².